The maximum absolute atomic E-state index is 13.6. The molecule has 0 aliphatic carbocycles. The number of ether oxygens (including phenoxy) is 2. The number of benzene rings is 2. The Labute approximate surface area is 130 Å². The van der Waals surface area contributed by atoms with Gasteiger partial charge < -0.3 is 24.7 Å². The predicted octanol–water partition coefficient (Wildman–Crippen LogP) is 1.21. The van der Waals surface area contributed by atoms with Crippen LogP contribution in [0.5, 0.6) is 11.5 Å². The Hall–Kier alpha value is -3.09. The smallest absolute Gasteiger partial charge is 0.258 e. The molecule has 0 atom stereocenters. The highest BCUT2D eigenvalue weighted by Gasteiger charge is 2.19. The zero-order valence-electron chi connectivity index (χ0n) is 11.8. The number of hydrogen-bond acceptors (Lipinski definition) is 5. The SMILES string of the molecule is O=C(Nc1cc2c(cc1C(=O)[O-])OCCO2)c1ccccc1F. The number of nitrogens with one attached hydrogen (secondary N) is 1. The lowest BCUT2D eigenvalue weighted by Crippen LogP contribution is -2.26. The molecule has 0 fully saturated rings. The first kappa shape index (κ1) is 14.8. The number of hydrogen-bond donors (Lipinski definition) is 1. The molecule has 6 nitrogen and oxygen atoms in total. The van der Waals surface area contributed by atoms with E-state index in [2.05, 4.69) is 5.32 Å². The molecule has 1 heterocycles. The fraction of sp³-hybridized carbons (Fsp3) is 0.125. The number of aromatic carboxylic acids is 1. The van der Waals surface area contributed by atoms with Crippen LogP contribution in [-0.2, 0) is 0 Å². The molecule has 0 spiro atoms. The Morgan fingerprint density at radius 1 is 1.04 bits per heavy atom. The third-order valence-electron chi connectivity index (χ3n) is 3.27. The van der Waals surface area contributed by atoms with Gasteiger partial charge in [0.15, 0.2) is 11.5 Å². The molecule has 1 amide bonds. The van der Waals surface area contributed by atoms with E-state index >= 15 is 0 Å². The summed E-state index contributed by atoms with van der Waals surface area (Å²) in [6.45, 7) is 0.596. The quantitative estimate of drug-likeness (QED) is 0.919. The predicted molar refractivity (Wildman–Crippen MR) is 76.1 cm³/mol. The molecule has 7 heteroatoms. The molecule has 23 heavy (non-hydrogen) atoms. The van der Waals surface area contributed by atoms with Gasteiger partial charge in [-0.1, -0.05) is 12.1 Å². The van der Waals surface area contributed by atoms with Crippen molar-refractivity contribution in [2.24, 2.45) is 0 Å². The summed E-state index contributed by atoms with van der Waals surface area (Å²) >= 11 is 0. The third kappa shape index (κ3) is 2.94. The summed E-state index contributed by atoms with van der Waals surface area (Å²) in [5.74, 6) is -2.44. The number of halogens is 1. The average Bonchev–Trinajstić information content (AvgIpc) is 2.54. The van der Waals surface area contributed by atoms with Gasteiger partial charge in [-0.15, -0.1) is 0 Å². The van der Waals surface area contributed by atoms with Gasteiger partial charge in [0.05, 0.1) is 17.2 Å². The van der Waals surface area contributed by atoms with Gasteiger partial charge in [-0.05, 0) is 18.2 Å². The van der Waals surface area contributed by atoms with Gasteiger partial charge in [-0.3, -0.25) is 4.79 Å². The molecular weight excluding hydrogens is 305 g/mol. The first-order chi connectivity index (χ1) is 11.1. The molecule has 0 saturated carbocycles. The van der Waals surface area contributed by atoms with Crippen molar-refractivity contribution in [2.75, 3.05) is 18.5 Å². The summed E-state index contributed by atoms with van der Waals surface area (Å²) in [4.78, 5) is 23.4. The number of anilines is 1. The van der Waals surface area contributed by atoms with E-state index in [1.54, 1.807) is 0 Å². The molecule has 1 N–H and O–H groups in total. The van der Waals surface area contributed by atoms with Gasteiger partial charge >= 0.3 is 0 Å². The maximum atomic E-state index is 13.6. The summed E-state index contributed by atoms with van der Waals surface area (Å²) in [5, 5.41) is 13.6. The lowest BCUT2D eigenvalue weighted by atomic mass is 10.1. The van der Waals surface area contributed by atoms with Crippen LogP contribution < -0.4 is 19.9 Å². The monoisotopic (exact) mass is 316 g/mol. The molecule has 1 aliphatic heterocycles. The van der Waals surface area contributed by atoms with Crippen LogP contribution in [-0.4, -0.2) is 25.1 Å². The number of amides is 1. The highest BCUT2D eigenvalue weighted by Crippen LogP contribution is 2.35. The molecule has 0 saturated heterocycles. The van der Waals surface area contributed by atoms with Crippen LogP contribution >= 0.6 is 0 Å². The summed E-state index contributed by atoms with van der Waals surface area (Å²) in [7, 11) is 0. The lowest BCUT2D eigenvalue weighted by Gasteiger charge is -2.21. The average molecular weight is 316 g/mol. The van der Waals surface area contributed by atoms with Crippen molar-refractivity contribution in [1.82, 2.24) is 0 Å². The van der Waals surface area contributed by atoms with E-state index in [4.69, 9.17) is 9.47 Å². The number of carboxylic acid groups (broad SMARTS) is 1. The maximum Gasteiger partial charge on any atom is 0.258 e. The van der Waals surface area contributed by atoms with E-state index in [-0.39, 0.29) is 22.6 Å². The lowest BCUT2D eigenvalue weighted by molar-refractivity contribution is -0.254. The highest BCUT2D eigenvalue weighted by molar-refractivity contribution is 6.08. The Balaban J connectivity index is 1.97. The van der Waals surface area contributed by atoms with Crippen molar-refractivity contribution in [3.63, 3.8) is 0 Å². The van der Waals surface area contributed by atoms with E-state index in [0.29, 0.717) is 19.0 Å². The summed E-state index contributed by atoms with van der Waals surface area (Å²) < 4.78 is 24.3. The normalized spacial score (nSPS) is 12.6. The van der Waals surface area contributed by atoms with E-state index in [1.807, 2.05) is 0 Å². The van der Waals surface area contributed by atoms with Crippen LogP contribution in [0, 0.1) is 5.82 Å². The number of fused-ring (bicyclic) bond motifs is 1. The van der Waals surface area contributed by atoms with Gasteiger partial charge in [-0.2, -0.15) is 0 Å². The molecule has 0 radical (unpaired) electrons. The van der Waals surface area contributed by atoms with Crippen molar-refractivity contribution in [3.05, 3.63) is 53.3 Å². The number of carbonyl (C=O) groups excluding carboxylic acids is 2. The Bertz CT molecular complexity index is 790. The van der Waals surface area contributed by atoms with Gasteiger partial charge in [-0.25, -0.2) is 4.39 Å². The minimum Gasteiger partial charge on any atom is -0.545 e. The van der Waals surface area contributed by atoms with Crippen molar-refractivity contribution in [2.45, 2.75) is 0 Å². The molecule has 2 aromatic rings. The summed E-state index contributed by atoms with van der Waals surface area (Å²) in [5.41, 5.74) is -0.534. The van der Waals surface area contributed by atoms with Crippen LogP contribution in [0.1, 0.15) is 20.7 Å². The Morgan fingerprint density at radius 3 is 2.35 bits per heavy atom. The van der Waals surface area contributed by atoms with Crippen LogP contribution in [0.3, 0.4) is 0 Å². The van der Waals surface area contributed by atoms with Gasteiger partial charge in [0.1, 0.15) is 19.0 Å². The van der Waals surface area contributed by atoms with Crippen LogP contribution in [0.15, 0.2) is 36.4 Å². The number of carboxylic acids is 1. The second kappa shape index (κ2) is 5.96. The highest BCUT2D eigenvalue weighted by atomic mass is 19.1. The second-order valence-electron chi connectivity index (χ2n) is 4.76. The minimum atomic E-state index is -1.49. The largest absolute Gasteiger partial charge is 0.545 e. The number of rotatable bonds is 3. The second-order valence-corrected chi connectivity index (χ2v) is 4.76. The van der Waals surface area contributed by atoms with Crippen LogP contribution in [0.4, 0.5) is 10.1 Å². The minimum absolute atomic E-state index is 0.0532. The topological polar surface area (TPSA) is 87.7 Å². The zero-order chi connectivity index (χ0) is 16.4. The van der Waals surface area contributed by atoms with E-state index < -0.39 is 17.7 Å². The van der Waals surface area contributed by atoms with E-state index in [0.717, 1.165) is 6.07 Å². The molecule has 0 bridgehead atoms. The molecule has 2 aromatic carbocycles. The standard InChI is InChI=1S/C16H12FNO5/c17-11-4-2-1-3-9(11)15(19)18-12-8-14-13(22-5-6-23-14)7-10(12)16(20)21/h1-4,7-8H,5-6H2,(H,18,19)(H,20,21)/p-1. The molecular formula is C16H11FNO5-. The summed E-state index contributed by atoms with van der Waals surface area (Å²) in [6.07, 6.45) is 0. The van der Waals surface area contributed by atoms with Crippen molar-refractivity contribution < 1.29 is 28.6 Å². The van der Waals surface area contributed by atoms with Crippen molar-refractivity contribution in [3.8, 4) is 11.5 Å². The fourth-order valence-electron chi connectivity index (χ4n) is 2.20. The molecule has 118 valence electrons. The molecule has 0 aromatic heterocycles. The zero-order valence-corrected chi connectivity index (χ0v) is 11.8. The number of carbonyl (C=O) groups is 2. The Morgan fingerprint density at radius 2 is 1.70 bits per heavy atom. The molecule has 1 aliphatic rings. The summed E-state index contributed by atoms with van der Waals surface area (Å²) in [6, 6.07) is 7.91. The van der Waals surface area contributed by atoms with Crippen LogP contribution in [0.2, 0.25) is 0 Å². The van der Waals surface area contributed by atoms with Crippen molar-refractivity contribution in [1.29, 1.82) is 0 Å². The van der Waals surface area contributed by atoms with Gasteiger partial charge in [0.25, 0.3) is 5.91 Å². The van der Waals surface area contributed by atoms with E-state index in [9.17, 15) is 19.1 Å². The molecule has 0 unspecified atom stereocenters. The molecule has 3 rings (SSSR count). The van der Waals surface area contributed by atoms with Gasteiger partial charge in [0, 0.05) is 11.6 Å². The fourth-order valence-corrected chi connectivity index (χ4v) is 2.20. The third-order valence-corrected chi connectivity index (χ3v) is 3.27. The van der Waals surface area contributed by atoms with Gasteiger partial charge in [0.2, 0.25) is 0 Å². The Kier molecular flexibility index (Phi) is 3.84. The van der Waals surface area contributed by atoms with Crippen molar-refractivity contribution >= 4 is 17.6 Å². The first-order valence-electron chi connectivity index (χ1n) is 6.77. The first-order valence-corrected chi connectivity index (χ1v) is 6.77. The van der Waals surface area contributed by atoms with E-state index in [1.165, 1.54) is 30.3 Å². The van der Waals surface area contributed by atoms with Crippen LogP contribution in [0.25, 0.3) is 0 Å².